The average Bonchev–Trinajstić information content (AvgIpc) is 2.99. The molecule has 3 aliphatic rings. The van der Waals surface area contributed by atoms with Crippen LogP contribution in [0.1, 0.15) is 54.2 Å². The van der Waals surface area contributed by atoms with Crippen molar-refractivity contribution in [3.05, 3.63) is 65.5 Å². The van der Waals surface area contributed by atoms with E-state index in [0.717, 1.165) is 18.4 Å². The molecule has 1 aromatic carbocycles. The van der Waals surface area contributed by atoms with Crippen LogP contribution in [0.3, 0.4) is 0 Å². The zero-order valence-electron chi connectivity index (χ0n) is 17.7. The Balaban J connectivity index is 1.60. The molecule has 4 heteroatoms. The van der Waals surface area contributed by atoms with Gasteiger partial charge < -0.3 is 4.90 Å². The summed E-state index contributed by atoms with van der Waals surface area (Å²) in [6, 6.07) is 16.1. The van der Waals surface area contributed by atoms with Gasteiger partial charge in [0.1, 0.15) is 5.69 Å². The van der Waals surface area contributed by atoms with Crippen molar-refractivity contribution < 1.29 is 4.79 Å². The zero-order valence-corrected chi connectivity index (χ0v) is 17.7. The molecule has 5 rings (SSSR count). The first-order valence-electron chi connectivity index (χ1n) is 11.0. The van der Waals surface area contributed by atoms with Crippen molar-refractivity contribution in [2.45, 2.75) is 70.1 Å². The van der Waals surface area contributed by atoms with Crippen LogP contribution in [0.4, 0.5) is 0 Å². The summed E-state index contributed by atoms with van der Waals surface area (Å²) in [5, 5.41) is 0. The van der Waals surface area contributed by atoms with Crippen molar-refractivity contribution in [2.24, 2.45) is 5.41 Å². The molecule has 29 heavy (non-hydrogen) atoms. The molecule has 0 radical (unpaired) electrons. The molecular formula is C25H31N3O. The van der Waals surface area contributed by atoms with E-state index in [0.29, 0.717) is 23.8 Å². The molecule has 0 spiro atoms. The SMILES string of the molecule is Cc1cccnc1C(=O)N1[C@@H](Cc2ccccc2)[C@@H]2C[C@@]3(C)[C@H](CCC[C@@H]13)N2C. The van der Waals surface area contributed by atoms with Gasteiger partial charge in [-0.25, -0.2) is 0 Å². The fourth-order valence-corrected chi connectivity index (χ4v) is 6.65. The number of carbonyl (C=O) groups excluding carboxylic acids is 1. The monoisotopic (exact) mass is 389 g/mol. The standard InChI is InChI=1S/C25H31N3O/c1-17-9-8-14-26-23(17)24(29)28-19(15-18-10-5-4-6-11-18)20-16-25(2)21(27(20)3)12-7-13-22(25)28/h4-6,8-11,14,19-22H,7,12-13,15-16H2,1-3H3/t19-,20-,21-,22+,25-/m0/s1. The quantitative estimate of drug-likeness (QED) is 0.793. The Morgan fingerprint density at radius 1 is 1.14 bits per heavy atom. The molecule has 2 aromatic rings. The molecule has 0 unspecified atom stereocenters. The molecule has 1 amide bonds. The number of hydrogen-bond acceptors (Lipinski definition) is 3. The van der Waals surface area contributed by atoms with Crippen molar-refractivity contribution in [1.29, 1.82) is 0 Å². The summed E-state index contributed by atoms with van der Waals surface area (Å²) in [5.41, 5.74) is 3.09. The Morgan fingerprint density at radius 3 is 2.66 bits per heavy atom. The van der Waals surface area contributed by atoms with Gasteiger partial charge in [0, 0.05) is 29.7 Å². The normalized spacial score (nSPS) is 33.7. The largest absolute Gasteiger partial charge is 0.329 e. The van der Waals surface area contributed by atoms with E-state index in [-0.39, 0.29) is 17.4 Å². The van der Waals surface area contributed by atoms with Crippen molar-refractivity contribution in [2.75, 3.05) is 7.05 Å². The number of benzene rings is 1. The lowest BCUT2D eigenvalue weighted by atomic mass is 9.64. The topological polar surface area (TPSA) is 36.4 Å². The fraction of sp³-hybridized carbons (Fsp3) is 0.520. The lowest BCUT2D eigenvalue weighted by molar-refractivity contribution is -0.0115. The van der Waals surface area contributed by atoms with E-state index in [9.17, 15) is 4.79 Å². The van der Waals surface area contributed by atoms with Crippen LogP contribution < -0.4 is 0 Å². The van der Waals surface area contributed by atoms with Crippen LogP contribution in [-0.2, 0) is 6.42 Å². The number of likely N-dealkylation sites (N-methyl/N-ethyl adjacent to an activating group) is 1. The van der Waals surface area contributed by atoms with E-state index in [4.69, 9.17) is 0 Å². The minimum absolute atomic E-state index is 0.126. The van der Waals surface area contributed by atoms with Crippen molar-refractivity contribution in [3.63, 3.8) is 0 Å². The summed E-state index contributed by atoms with van der Waals surface area (Å²) >= 11 is 0. The third-order valence-corrected chi connectivity index (χ3v) is 8.01. The third-order valence-electron chi connectivity index (χ3n) is 8.01. The number of fused-ring (bicyclic) bond motifs is 1. The smallest absolute Gasteiger partial charge is 0.273 e. The maximum Gasteiger partial charge on any atom is 0.273 e. The molecule has 3 fully saturated rings. The van der Waals surface area contributed by atoms with Crippen LogP contribution in [0, 0.1) is 12.3 Å². The van der Waals surface area contributed by atoms with E-state index in [1.54, 1.807) is 6.20 Å². The Hall–Kier alpha value is -2.20. The van der Waals surface area contributed by atoms with Gasteiger partial charge in [-0.05, 0) is 63.3 Å². The van der Waals surface area contributed by atoms with Crippen LogP contribution in [0.15, 0.2) is 48.7 Å². The van der Waals surface area contributed by atoms with E-state index in [1.165, 1.54) is 24.8 Å². The molecule has 2 aliphatic heterocycles. The second kappa shape index (κ2) is 6.94. The number of carbonyl (C=O) groups is 1. The molecule has 1 aliphatic carbocycles. The highest BCUT2D eigenvalue weighted by atomic mass is 16.2. The number of nitrogens with zero attached hydrogens (tertiary/aromatic N) is 3. The molecule has 1 aromatic heterocycles. The second-order valence-electron chi connectivity index (χ2n) is 9.54. The summed E-state index contributed by atoms with van der Waals surface area (Å²) in [5.74, 6) is 0.126. The summed E-state index contributed by atoms with van der Waals surface area (Å²) in [7, 11) is 2.29. The van der Waals surface area contributed by atoms with Crippen LogP contribution in [-0.4, -0.2) is 51.9 Å². The molecule has 0 N–H and O–H groups in total. The number of amides is 1. The highest BCUT2D eigenvalue weighted by Crippen LogP contribution is 2.56. The summed E-state index contributed by atoms with van der Waals surface area (Å²) in [6.45, 7) is 4.44. The summed E-state index contributed by atoms with van der Waals surface area (Å²) < 4.78 is 0. The number of hydrogen-bond donors (Lipinski definition) is 0. The van der Waals surface area contributed by atoms with E-state index in [2.05, 4.69) is 59.1 Å². The first kappa shape index (κ1) is 18.8. The maximum atomic E-state index is 13.9. The molecule has 2 saturated heterocycles. The highest BCUT2D eigenvalue weighted by Gasteiger charge is 2.62. The van der Waals surface area contributed by atoms with E-state index in [1.807, 2.05) is 19.1 Å². The maximum absolute atomic E-state index is 13.9. The lowest BCUT2D eigenvalue weighted by Gasteiger charge is -2.53. The lowest BCUT2D eigenvalue weighted by Crippen LogP contribution is -2.62. The number of rotatable bonds is 3. The van der Waals surface area contributed by atoms with Crippen LogP contribution in [0.2, 0.25) is 0 Å². The van der Waals surface area contributed by atoms with Gasteiger partial charge in [-0.3, -0.25) is 14.7 Å². The van der Waals surface area contributed by atoms with Gasteiger partial charge in [0.2, 0.25) is 0 Å². The number of pyridine rings is 1. The van der Waals surface area contributed by atoms with Crippen molar-refractivity contribution >= 4 is 5.91 Å². The number of aromatic nitrogens is 1. The zero-order chi connectivity index (χ0) is 20.2. The predicted molar refractivity (Wildman–Crippen MR) is 115 cm³/mol. The predicted octanol–water partition coefficient (Wildman–Crippen LogP) is 4.09. The van der Waals surface area contributed by atoms with E-state index < -0.39 is 0 Å². The van der Waals surface area contributed by atoms with Gasteiger partial charge >= 0.3 is 0 Å². The van der Waals surface area contributed by atoms with Gasteiger partial charge in [0.05, 0.1) is 6.04 Å². The van der Waals surface area contributed by atoms with Crippen molar-refractivity contribution in [1.82, 2.24) is 14.8 Å². The Kier molecular flexibility index (Phi) is 4.50. The van der Waals surface area contributed by atoms with Gasteiger partial charge in [-0.1, -0.05) is 43.3 Å². The van der Waals surface area contributed by atoms with Crippen molar-refractivity contribution in [3.8, 4) is 0 Å². The molecule has 3 heterocycles. The highest BCUT2D eigenvalue weighted by molar-refractivity contribution is 5.94. The number of aryl methyl sites for hydroxylation is 1. The van der Waals surface area contributed by atoms with Crippen LogP contribution >= 0.6 is 0 Å². The summed E-state index contributed by atoms with van der Waals surface area (Å²) in [4.78, 5) is 23.3. The molecule has 2 bridgehead atoms. The van der Waals surface area contributed by atoms with Gasteiger partial charge in [-0.15, -0.1) is 0 Å². The Bertz CT molecular complexity index is 913. The minimum Gasteiger partial charge on any atom is -0.329 e. The Morgan fingerprint density at radius 2 is 1.90 bits per heavy atom. The van der Waals surface area contributed by atoms with E-state index >= 15 is 0 Å². The first-order chi connectivity index (χ1) is 14.0. The molecule has 1 saturated carbocycles. The van der Waals surface area contributed by atoms with Gasteiger partial charge in [-0.2, -0.15) is 0 Å². The van der Waals surface area contributed by atoms with Gasteiger partial charge in [0.25, 0.3) is 5.91 Å². The average molecular weight is 390 g/mol. The Labute approximate surface area is 173 Å². The molecule has 152 valence electrons. The summed E-state index contributed by atoms with van der Waals surface area (Å²) in [6.07, 6.45) is 7.42. The van der Waals surface area contributed by atoms with Crippen LogP contribution in [0.25, 0.3) is 0 Å². The number of likely N-dealkylation sites (tertiary alicyclic amines) is 2. The van der Waals surface area contributed by atoms with Crippen LogP contribution in [0.5, 0.6) is 0 Å². The second-order valence-corrected chi connectivity index (χ2v) is 9.54. The number of piperidine rings is 1. The molecule has 5 atom stereocenters. The molecular weight excluding hydrogens is 358 g/mol. The molecule has 4 nitrogen and oxygen atoms in total. The fourth-order valence-electron chi connectivity index (χ4n) is 6.65. The minimum atomic E-state index is 0.126. The van der Waals surface area contributed by atoms with Gasteiger partial charge in [0.15, 0.2) is 0 Å². The third kappa shape index (κ3) is 2.83. The first-order valence-corrected chi connectivity index (χ1v) is 11.0.